The van der Waals surface area contributed by atoms with Gasteiger partial charge in [-0.1, -0.05) is 37.4 Å². The lowest BCUT2D eigenvalue weighted by Crippen LogP contribution is -2.25. The van der Waals surface area contributed by atoms with Gasteiger partial charge in [0.05, 0.1) is 34.4 Å². The van der Waals surface area contributed by atoms with Gasteiger partial charge in [0.15, 0.2) is 11.5 Å². The zero-order valence-corrected chi connectivity index (χ0v) is 33.3. The van der Waals surface area contributed by atoms with Crippen LogP contribution in [0.5, 0.6) is 23.0 Å². The molecule has 0 saturated heterocycles. The lowest BCUT2D eigenvalue weighted by molar-refractivity contribution is -0.140. The molecule has 2 N–H and O–H groups in total. The third-order valence-corrected chi connectivity index (χ3v) is 10.4. The molecule has 4 rings (SSSR count). The number of hydrogen-bond acceptors (Lipinski definition) is 12. The monoisotopic (exact) mass is 824 g/mol. The van der Waals surface area contributed by atoms with E-state index in [1.165, 1.54) is 62.4 Å². The summed E-state index contributed by atoms with van der Waals surface area (Å²) >= 11 is 0. The van der Waals surface area contributed by atoms with Crippen molar-refractivity contribution in [2.24, 2.45) is 11.8 Å². The first-order valence-corrected chi connectivity index (χ1v) is 19.8. The normalized spacial score (nSPS) is 11.8. The molecule has 0 saturated carbocycles. The van der Waals surface area contributed by atoms with Crippen LogP contribution in [0.1, 0.15) is 39.5 Å². The van der Waals surface area contributed by atoms with Gasteiger partial charge in [-0.05, 0) is 99.5 Å². The number of carbonyl (C=O) groups is 6. The lowest BCUT2D eigenvalue weighted by atomic mass is 10.0. The van der Waals surface area contributed by atoms with E-state index in [1.807, 2.05) is 0 Å². The number of para-hydroxylation sites is 4. The maximum atomic E-state index is 13.6. The molecule has 59 heavy (non-hydrogen) atoms. The van der Waals surface area contributed by atoms with Crippen LogP contribution < -0.4 is 20.1 Å². The number of benzene rings is 4. The van der Waals surface area contributed by atoms with Crippen molar-refractivity contribution in [3.8, 4) is 23.0 Å². The van der Waals surface area contributed by atoms with Gasteiger partial charge in [0, 0.05) is 35.8 Å². The fourth-order valence-electron chi connectivity index (χ4n) is 5.33. The summed E-state index contributed by atoms with van der Waals surface area (Å²) in [7, 11) is -3.99. The number of aldehydes is 2. The molecule has 4 aromatic rings. The van der Waals surface area contributed by atoms with Crippen molar-refractivity contribution in [3.05, 3.63) is 121 Å². The van der Waals surface area contributed by atoms with Crippen molar-refractivity contribution in [2.75, 3.05) is 23.8 Å². The zero-order chi connectivity index (χ0) is 43.0. The Balaban J connectivity index is 1.40. The molecule has 15 heteroatoms. The maximum absolute atomic E-state index is 13.6. The van der Waals surface area contributed by atoms with Gasteiger partial charge in [0.25, 0.3) is 0 Å². The van der Waals surface area contributed by atoms with Gasteiger partial charge < -0.3 is 39.2 Å². The van der Waals surface area contributed by atoms with Crippen LogP contribution in [0.4, 0.5) is 11.4 Å². The molecule has 14 nitrogen and oxygen atoms in total. The SMILES string of the molecule is C=C(C)C(=O)OCCC(CC=O)C(=O)Nc1ccccc1Oc1ccc(S(=O)(=O)c2ccc(Oc3ccccc3NC(=O)C(CC=O)CCOC(=O)C(=C)C)cc2)cc1. The summed E-state index contributed by atoms with van der Waals surface area (Å²) in [5, 5.41) is 5.51. The number of ether oxygens (including phenoxy) is 4. The molecule has 2 unspecified atom stereocenters. The molecule has 0 aliphatic carbocycles. The third kappa shape index (κ3) is 13.1. The van der Waals surface area contributed by atoms with Crippen molar-refractivity contribution in [2.45, 2.75) is 49.3 Å². The highest BCUT2D eigenvalue weighted by atomic mass is 32.2. The molecule has 0 aromatic heterocycles. The molecule has 0 spiro atoms. The van der Waals surface area contributed by atoms with Crippen molar-refractivity contribution in [1.29, 1.82) is 0 Å². The van der Waals surface area contributed by atoms with Crippen LogP contribution in [0.15, 0.2) is 131 Å². The van der Waals surface area contributed by atoms with Gasteiger partial charge in [0.1, 0.15) is 24.1 Å². The van der Waals surface area contributed by atoms with Crippen LogP contribution in [0.25, 0.3) is 0 Å². The van der Waals surface area contributed by atoms with Crippen LogP contribution >= 0.6 is 0 Å². The first-order valence-electron chi connectivity index (χ1n) is 18.4. The number of carbonyl (C=O) groups excluding carboxylic acids is 6. The molecule has 2 atom stereocenters. The van der Waals surface area contributed by atoms with E-state index >= 15 is 0 Å². The summed E-state index contributed by atoms with van der Waals surface area (Å²) in [6.45, 7) is 9.87. The van der Waals surface area contributed by atoms with E-state index in [0.29, 0.717) is 23.9 Å². The largest absolute Gasteiger partial charge is 0.462 e. The van der Waals surface area contributed by atoms with Crippen LogP contribution in [0, 0.1) is 11.8 Å². The van der Waals surface area contributed by atoms with Crippen molar-refractivity contribution in [3.63, 3.8) is 0 Å². The number of amides is 2. The summed E-state index contributed by atoms with van der Waals surface area (Å²) < 4.78 is 49.3. The molecule has 0 aliphatic heterocycles. The smallest absolute Gasteiger partial charge is 0.333 e. The molecular formula is C44H44N2O12S. The highest BCUT2D eigenvalue weighted by Crippen LogP contribution is 2.34. The van der Waals surface area contributed by atoms with Crippen LogP contribution in [0.3, 0.4) is 0 Å². The van der Waals surface area contributed by atoms with Gasteiger partial charge in [-0.15, -0.1) is 0 Å². The molecule has 308 valence electrons. The van der Waals surface area contributed by atoms with Gasteiger partial charge in [-0.3, -0.25) is 9.59 Å². The summed E-state index contributed by atoms with van der Waals surface area (Å²) in [4.78, 5) is 72.1. The second-order valence-electron chi connectivity index (χ2n) is 13.2. The topological polar surface area (TPSA) is 198 Å². The highest BCUT2D eigenvalue weighted by Gasteiger charge is 2.23. The minimum Gasteiger partial charge on any atom is -0.462 e. The number of esters is 2. The minimum atomic E-state index is -3.99. The van der Waals surface area contributed by atoms with Gasteiger partial charge >= 0.3 is 11.9 Å². The van der Waals surface area contributed by atoms with Crippen LogP contribution in [-0.4, -0.2) is 58.0 Å². The second-order valence-corrected chi connectivity index (χ2v) is 15.2. The molecule has 0 heterocycles. The second kappa shape index (κ2) is 21.6. The Morgan fingerprint density at radius 1 is 0.593 bits per heavy atom. The summed E-state index contributed by atoms with van der Waals surface area (Å²) in [5.74, 6) is -2.64. The van der Waals surface area contributed by atoms with E-state index in [1.54, 1.807) is 48.5 Å². The highest BCUT2D eigenvalue weighted by molar-refractivity contribution is 7.91. The van der Waals surface area contributed by atoms with Crippen LogP contribution in [0.2, 0.25) is 0 Å². The fraction of sp³-hybridized carbons (Fsp3) is 0.227. The number of anilines is 2. The molecule has 0 aliphatic rings. The maximum Gasteiger partial charge on any atom is 0.333 e. The van der Waals surface area contributed by atoms with E-state index in [4.69, 9.17) is 18.9 Å². The number of sulfone groups is 1. The predicted octanol–water partition coefficient (Wildman–Crippen LogP) is 7.41. The Bertz CT molecular complexity index is 2130. The average Bonchev–Trinajstić information content (AvgIpc) is 3.21. The molecule has 4 aromatic carbocycles. The Labute approximate surface area is 342 Å². The first kappa shape index (κ1) is 44.8. The van der Waals surface area contributed by atoms with Gasteiger partial charge in [-0.2, -0.15) is 0 Å². The van der Waals surface area contributed by atoms with E-state index < -0.39 is 45.4 Å². The fourth-order valence-corrected chi connectivity index (χ4v) is 6.59. The van der Waals surface area contributed by atoms with E-state index in [-0.39, 0.29) is 82.8 Å². The Kier molecular flexibility index (Phi) is 16.4. The molecular weight excluding hydrogens is 781 g/mol. The average molecular weight is 825 g/mol. The number of nitrogens with one attached hydrogen (secondary N) is 2. The van der Waals surface area contributed by atoms with E-state index in [0.717, 1.165) is 0 Å². The molecule has 0 bridgehead atoms. The summed E-state index contributed by atoms with van der Waals surface area (Å²) in [6, 6.07) is 24.5. The third-order valence-electron chi connectivity index (χ3n) is 8.61. The van der Waals surface area contributed by atoms with Gasteiger partial charge in [-0.25, -0.2) is 18.0 Å². The quantitative estimate of drug-likeness (QED) is 0.0453. The van der Waals surface area contributed by atoms with Crippen LogP contribution in [-0.2, 0) is 48.1 Å². The molecule has 0 radical (unpaired) electrons. The Morgan fingerprint density at radius 3 is 1.29 bits per heavy atom. The van der Waals surface area contributed by atoms with Crippen molar-refractivity contribution >= 4 is 57.5 Å². The summed E-state index contributed by atoms with van der Waals surface area (Å²) in [6.07, 6.45) is 1.25. The standard InChI is InChI=1S/C44H44N2O12S/c1-29(2)43(51)55-27-23-31(21-25-47)41(49)45-37-9-5-7-11-39(37)57-33-13-17-35(18-14-33)59(53,54)36-19-15-34(16-20-36)58-40-12-8-6-10-38(40)46-42(50)32(22-26-48)24-28-56-44(52)30(3)4/h5-20,25-26,31-32H,1,3,21-24,27-28H2,2,4H3,(H,45,49)(H,46,50). The zero-order valence-electron chi connectivity index (χ0n) is 32.5. The molecule has 2 amide bonds. The van der Waals surface area contributed by atoms with Crippen molar-refractivity contribution in [1.82, 2.24) is 0 Å². The Hall–Kier alpha value is -6.87. The van der Waals surface area contributed by atoms with Gasteiger partial charge in [0.2, 0.25) is 21.7 Å². The van der Waals surface area contributed by atoms with E-state index in [2.05, 4.69) is 23.8 Å². The Morgan fingerprint density at radius 2 is 0.949 bits per heavy atom. The predicted molar refractivity (Wildman–Crippen MR) is 218 cm³/mol. The van der Waals surface area contributed by atoms with Crippen molar-refractivity contribution < 1.29 is 56.1 Å². The number of hydrogen-bond donors (Lipinski definition) is 2. The summed E-state index contributed by atoms with van der Waals surface area (Å²) in [5.41, 5.74) is 1.03. The first-order chi connectivity index (χ1) is 28.2. The minimum absolute atomic E-state index is 0.0171. The molecule has 0 fully saturated rings. The number of rotatable bonds is 22. The van der Waals surface area contributed by atoms with E-state index in [9.17, 15) is 37.2 Å². The lowest BCUT2D eigenvalue weighted by Gasteiger charge is -2.17.